The van der Waals surface area contributed by atoms with Gasteiger partial charge in [0.25, 0.3) is 5.91 Å². The molecule has 3 heterocycles. The van der Waals surface area contributed by atoms with Crippen LogP contribution in [0.3, 0.4) is 0 Å². The lowest BCUT2D eigenvalue weighted by atomic mass is 10.2. The molecule has 0 unspecified atom stereocenters. The molecule has 6 nitrogen and oxygen atoms in total. The van der Waals surface area contributed by atoms with E-state index in [-0.39, 0.29) is 5.91 Å². The Kier molecular flexibility index (Phi) is 6.47. The molecule has 0 spiro atoms. The van der Waals surface area contributed by atoms with Gasteiger partial charge in [-0.1, -0.05) is 0 Å². The highest BCUT2D eigenvalue weighted by atomic mass is 32.1. The molecule has 29 heavy (non-hydrogen) atoms. The molecule has 2 N–H and O–H groups in total. The molecule has 2 fully saturated rings. The number of nitrogens with one attached hydrogen (secondary N) is 2. The second kappa shape index (κ2) is 9.24. The van der Waals surface area contributed by atoms with Gasteiger partial charge in [0.15, 0.2) is 0 Å². The van der Waals surface area contributed by atoms with E-state index in [9.17, 15) is 4.79 Å². The van der Waals surface area contributed by atoms with Gasteiger partial charge in [-0.15, -0.1) is 11.3 Å². The zero-order valence-corrected chi connectivity index (χ0v) is 18.3. The Hall–Kier alpha value is -1.96. The van der Waals surface area contributed by atoms with Crippen LogP contribution in [0.2, 0.25) is 0 Å². The third kappa shape index (κ3) is 4.79. The van der Waals surface area contributed by atoms with E-state index in [1.807, 2.05) is 36.1 Å². The Bertz CT molecular complexity index is 822. The highest BCUT2D eigenvalue weighted by Crippen LogP contribution is 2.30. The summed E-state index contributed by atoms with van der Waals surface area (Å²) in [7, 11) is 1.66. The average Bonchev–Trinajstić information content (AvgIpc) is 3.42. The van der Waals surface area contributed by atoms with E-state index in [4.69, 9.17) is 4.74 Å². The van der Waals surface area contributed by atoms with Gasteiger partial charge in [0, 0.05) is 18.4 Å². The molecule has 2 aliphatic rings. The molecule has 0 bridgehead atoms. The quantitative estimate of drug-likeness (QED) is 0.705. The number of hydrogen-bond acceptors (Lipinski definition) is 4. The zero-order chi connectivity index (χ0) is 20.2. The van der Waals surface area contributed by atoms with Crippen molar-refractivity contribution >= 4 is 17.2 Å². The van der Waals surface area contributed by atoms with Crippen LogP contribution in [0.15, 0.2) is 24.3 Å². The van der Waals surface area contributed by atoms with Crippen molar-refractivity contribution in [3.05, 3.63) is 34.8 Å². The average molecular weight is 417 g/mol. The van der Waals surface area contributed by atoms with Crippen molar-refractivity contribution < 1.29 is 19.3 Å². The Morgan fingerprint density at radius 1 is 1.07 bits per heavy atom. The number of aromatic nitrogens is 1. The molecule has 1 aromatic heterocycles. The van der Waals surface area contributed by atoms with Gasteiger partial charge >= 0.3 is 0 Å². The fraction of sp³-hybridized carbons (Fsp3) is 0.545. The van der Waals surface area contributed by atoms with Crippen LogP contribution < -0.4 is 14.5 Å². The summed E-state index contributed by atoms with van der Waals surface area (Å²) in [5, 5.41) is 0.895. The van der Waals surface area contributed by atoms with Gasteiger partial charge in [-0.3, -0.25) is 4.79 Å². The normalized spacial score (nSPS) is 18.3. The van der Waals surface area contributed by atoms with E-state index >= 15 is 0 Å². The number of aryl methyl sites for hydroxylation is 1. The summed E-state index contributed by atoms with van der Waals surface area (Å²) in [6.45, 7) is 11.0. The van der Waals surface area contributed by atoms with Crippen LogP contribution in [0.4, 0.5) is 0 Å². The number of ether oxygens (including phenoxy) is 1. The molecule has 2 aromatic rings. The number of piperazine rings is 1. The van der Waals surface area contributed by atoms with E-state index in [1.54, 1.807) is 16.9 Å². The molecule has 1 aromatic carbocycles. The summed E-state index contributed by atoms with van der Waals surface area (Å²) in [4.78, 5) is 24.0. The first-order chi connectivity index (χ1) is 14.1. The van der Waals surface area contributed by atoms with Crippen molar-refractivity contribution in [3.8, 4) is 16.3 Å². The molecule has 0 aliphatic carbocycles. The Morgan fingerprint density at radius 2 is 1.69 bits per heavy atom. The number of nitrogens with zero attached hydrogens (tertiary/aromatic N) is 2. The molecule has 0 saturated carbocycles. The summed E-state index contributed by atoms with van der Waals surface area (Å²) in [6.07, 6.45) is 2.78. The molecular weight excluding hydrogens is 384 g/mol. The highest BCUT2D eigenvalue weighted by molar-refractivity contribution is 7.17. The summed E-state index contributed by atoms with van der Waals surface area (Å²) in [5.74, 6) is 0.967. The van der Waals surface area contributed by atoms with E-state index in [1.165, 1.54) is 50.4 Å². The zero-order valence-electron chi connectivity index (χ0n) is 17.5. The third-order valence-electron chi connectivity index (χ3n) is 6.23. The van der Waals surface area contributed by atoms with Crippen molar-refractivity contribution in [1.82, 2.24) is 9.88 Å². The van der Waals surface area contributed by atoms with E-state index in [0.717, 1.165) is 53.1 Å². The van der Waals surface area contributed by atoms with Crippen LogP contribution in [-0.2, 0) is 0 Å². The number of rotatable bonds is 6. The van der Waals surface area contributed by atoms with Crippen LogP contribution in [0.5, 0.6) is 5.75 Å². The number of methoxy groups -OCH3 is 1. The minimum atomic E-state index is 0.143. The molecule has 0 radical (unpaired) electrons. The van der Waals surface area contributed by atoms with Gasteiger partial charge in [0.05, 0.1) is 52.1 Å². The lowest BCUT2D eigenvalue weighted by Gasteiger charge is -2.32. The summed E-state index contributed by atoms with van der Waals surface area (Å²) >= 11 is 1.50. The van der Waals surface area contributed by atoms with Gasteiger partial charge < -0.3 is 19.4 Å². The van der Waals surface area contributed by atoms with E-state index in [0.29, 0.717) is 0 Å². The largest absolute Gasteiger partial charge is 0.497 e. The number of thiazole rings is 1. The fourth-order valence-corrected chi connectivity index (χ4v) is 5.39. The number of amides is 1. The predicted octanol–water partition coefficient (Wildman–Crippen LogP) is 0.147. The molecule has 0 atom stereocenters. The van der Waals surface area contributed by atoms with Gasteiger partial charge in [0.2, 0.25) is 0 Å². The molecule has 7 heteroatoms. The number of carbonyl (C=O) groups is 1. The van der Waals surface area contributed by atoms with Crippen molar-refractivity contribution in [3.63, 3.8) is 0 Å². The minimum Gasteiger partial charge on any atom is -0.497 e. The van der Waals surface area contributed by atoms with Crippen LogP contribution in [0.1, 0.15) is 28.2 Å². The number of carbonyl (C=O) groups excluding carboxylic acids is 1. The topological polar surface area (TPSA) is 51.3 Å². The summed E-state index contributed by atoms with van der Waals surface area (Å²) in [6, 6.07) is 7.85. The molecule has 4 rings (SSSR count). The van der Waals surface area contributed by atoms with Crippen molar-refractivity contribution in [1.29, 1.82) is 0 Å². The van der Waals surface area contributed by atoms with Crippen LogP contribution >= 0.6 is 11.3 Å². The smallest absolute Gasteiger partial charge is 0.266 e. The third-order valence-corrected chi connectivity index (χ3v) is 7.42. The molecule has 2 saturated heterocycles. The fourth-order valence-electron chi connectivity index (χ4n) is 4.35. The molecule has 2 aliphatic heterocycles. The maximum atomic E-state index is 13.1. The van der Waals surface area contributed by atoms with E-state index in [2.05, 4.69) is 4.98 Å². The summed E-state index contributed by atoms with van der Waals surface area (Å²) < 4.78 is 5.23. The number of likely N-dealkylation sites (tertiary alicyclic amines) is 1. The van der Waals surface area contributed by atoms with Crippen molar-refractivity contribution in [2.75, 3.05) is 59.5 Å². The first-order valence-electron chi connectivity index (χ1n) is 10.7. The SMILES string of the molecule is COc1ccc(-c2nc(C)c(C(=O)N3CC[NH+](CC[NH+]4CCCC4)CC3)s2)cc1. The lowest BCUT2D eigenvalue weighted by molar-refractivity contribution is -0.954. The monoisotopic (exact) mass is 416 g/mol. The Morgan fingerprint density at radius 3 is 2.31 bits per heavy atom. The van der Waals surface area contributed by atoms with Crippen LogP contribution in [-0.4, -0.2) is 75.3 Å². The highest BCUT2D eigenvalue weighted by Gasteiger charge is 2.28. The first-order valence-corrected chi connectivity index (χ1v) is 11.5. The summed E-state index contributed by atoms with van der Waals surface area (Å²) in [5.41, 5.74) is 1.86. The van der Waals surface area contributed by atoms with Gasteiger partial charge in [-0.2, -0.15) is 0 Å². The lowest BCUT2D eigenvalue weighted by Crippen LogP contribution is -3.21. The number of benzene rings is 1. The van der Waals surface area contributed by atoms with Crippen molar-refractivity contribution in [2.45, 2.75) is 19.8 Å². The van der Waals surface area contributed by atoms with E-state index < -0.39 is 0 Å². The standard InChI is InChI=1S/C22H30N4O2S/c1-17-20(29-21(23-17)18-5-7-19(28-2)8-6-18)22(27)26-15-13-25(14-16-26)12-11-24-9-3-4-10-24/h5-8H,3-4,9-16H2,1-2H3/p+2. The molecule has 156 valence electrons. The first kappa shape index (κ1) is 20.3. The molecule has 1 amide bonds. The maximum Gasteiger partial charge on any atom is 0.266 e. The van der Waals surface area contributed by atoms with Gasteiger partial charge in [-0.25, -0.2) is 4.98 Å². The second-order valence-corrected chi connectivity index (χ2v) is 9.16. The number of quaternary nitrogens is 2. The second-order valence-electron chi connectivity index (χ2n) is 8.16. The Labute approximate surface area is 177 Å². The Balaban J connectivity index is 1.34. The van der Waals surface area contributed by atoms with Crippen molar-refractivity contribution in [2.24, 2.45) is 0 Å². The van der Waals surface area contributed by atoms with Gasteiger partial charge in [-0.05, 0) is 31.2 Å². The minimum absolute atomic E-state index is 0.143. The van der Waals surface area contributed by atoms with Crippen LogP contribution in [0, 0.1) is 6.92 Å². The number of hydrogen-bond donors (Lipinski definition) is 2. The van der Waals surface area contributed by atoms with Crippen LogP contribution in [0.25, 0.3) is 10.6 Å². The molecular formula is C22H32N4O2S+2. The predicted molar refractivity (Wildman–Crippen MR) is 115 cm³/mol. The van der Waals surface area contributed by atoms with Gasteiger partial charge in [0.1, 0.15) is 28.7 Å². The maximum absolute atomic E-state index is 13.1.